The molecule has 7 atom stereocenters. The summed E-state index contributed by atoms with van der Waals surface area (Å²) in [5, 5.41) is 16.4. The van der Waals surface area contributed by atoms with E-state index in [4.69, 9.17) is 4.74 Å². The minimum absolute atomic E-state index is 0.189. The van der Waals surface area contributed by atoms with Crippen molar-refractivity contribution in [2.75, 3.05) is 18.5 Å². The average molecular weight is 585 g/mol. The van der Waals surface area contributed by atoms with Crippen molar-refractivity contribution in [2.24, 2.45) is 11.8 Å². The highest BCUT2D eigenvalue weighted by Crippen LogP contribution is 2.60. The van der Waals surface area contributed by atoms with E-state index in [9.17, 15) is 19.5 Å². The van der Waals surface area contributed by atoms with Gasteiger partial charge in [0, 0.05) is 17.1 Å². The Morgan fingerprint density at radius 1 is 1.13 bits per heavy atom. The highest BCUT2D eigenvalue weighted by molar-refractivity contribution is 9.09. The lowest BCUT2D eigenvalue weighted by atomic mass is 9.70. The van der Waals surface area contributed by atoms with Crippen molar-refractivity contribution < 1.29 is 24.2 Å². The van der Waals surface area contributed by atoms with E-state index in [0.29, 0.717) is 25.1 Å². The molecule has 3 saturated heterocycles. The van der Waals surface area contributed by atoms with Crippen molar-refractivity contribution >= 4 is 39.3 Å². The molecule has 0 aliphatic carbocycles. The first-order chi connectivity index (χ1) is 18.4. The van der Waals surface area contributed by atoms with Gasteiger partial charge in [-0.15, -0.1) is 0 Å². The number of carbonyl (C=O) groups excluding carboxylic acids is 3. The summed E-state index contributed by atoms with van der Waals surface area (Å²) in [6, 6.07) is 17.1. The van der Waals surface area contributed by atoms with Crippen LogP contribution in [0.5, 0.6) is 0 Å². The van der Waals surface area contributed by atoms with Crippen LogP contribution in [0, 0.1) is 11.8 Å². The number of ether oxygens (including phenoxy) is 1. The zero-order valence-corrected chi connectivity index (χ0v) is 23.0. The molecule has 5 rings (SSSR count). The maximum Gasteiger partial charge on any atom is 0.245 e. The first-order valence-corrected chi connectivity index (χ1v) is 14.2. The molecule has 2 aromatic rings. The van der Waals surface area contributed by atoms with Gasteiger partial charge in [-0.3, -0.25) is 14.4 Å². The molecule has 202 valence electrons. The van der Waals surface area contributed by atoms with Crippen LogP contribution in [-0.4, -0.2) is 69.5 Å². The van der Waals surface area contributed by atoms with E-state index in [-0.39, 0.29) is 29.2 Å². The summed E-state index contributed by atoms with van der Waals surface area (Å²) in [5.74, 6) is -2.51. The number of alkyl halides is 1. The van der Waals surface area contributed by atoms with Gasteiger partial charge in [0.2, 0.25) is 17.7 Å². The Balaban J connectivity index is 1.51. The maximum absolute atomic E-state index is 14.2. The van der Waals surface area contributed by atoms with Gasteiger partial charge in [0.15, 0.2) is 0 Å². The summed E-state index contributed by atoms with van der Waals surface area (Å²) >= 11 is 3.69. The minimum Gasteiger partial charge on any atom is -0.394 e. The summed E-state index contributed by atoms with van der Waals surface area (Å²) in [5.41, 5.74) is 0.421. The van der Waals surface area contributed by atoms with Crippen molar-refractivity contribution in [3.8, 4) is 0 Å². The second-order valence-electron chi connectivity index (χ2n) is 10.4. The Kier molecular flexibility index (Phi) is 7.88. The molecule has 3 fully saturated rings. The third-order valence-electron chi connectivity index (χ3n) is 8.07. The largest absolute Gasteiger partial charge is 0.394 e. The highest BCUT2D eigenvalue weighted by atomic mass is 79.9. The normalized spacial score (nSPS) is 30.2. The van der Waals surface area contributed by atoms with Gasteiger partial charge in [0.1, 0.15) is 11.6 Å². The number of nitrogens with zero attached hydrogens (tertiary/aromatic N) is 1. The number of amides is 3. The SMILES string of the molecule is CCCCNC(=O)C1N([C@@H](CO)Cc2ccccc2)C(=O)[C@@H]2[C@H](C(=O)Nc3ccccc3)[C@H]3OC12CC3Br. The zero-order chi connectivity index (χ0) is 26.9. The molecule has 0 saturated carbocycles. The van der Waals surface area contributed by atoms with E-state index >= 15 is 0 Å². The fraction of sp³-hybridized carbons (Fsp3) is 0.483. The molecule has 3 amide bonds. The molecule has 3 N–H and O–H groups in total. The van der Waals surface area contributed by atoms with Crippen LogP contribution in [-0.2, 0) is 25.5 Å². The third-order valence-corrected chi connectivity index (χ3v) is 8.91. The maximum atomic E-state index is 14.2. The van der Waals surface area contributed by atoms with Gasteiger partial charge in [0.05, 0.1) is 30.6 Å². The molecule has 8 nitrogen and oxygen atoms in total. The van der Waals surface area contributed by atoms with Crippen molar-refractivity contribution in [2.45, 2.75) is 61.2 Å². The summed E-state index contributed by atoms with van der Waals surface area (Å²) in [6.07, 6.45) is 1.99. The van der Waals surface area contributed by atoms with Crippen molar-refractivity contribution in [3.05, 3.63) is 66.2 Å². The topological polar surface area (TPSA) is 108 Å². The van der Waals surface area contributed by atoms with Gasteiger partial charge < -0.3 is 25.4 Å². The summed E-state index contributed by atoms with van der Waals surface area (Å²) in [4.78, 5) is 43.0. The molecule has 1 spiro atoms. The van der Waals surface area contributed by atoms with Crippen LogP contribution in [0.2, 0.25) is 0 Å². The van der Waals surface area contributed by atoms with Gasteiger partial charge >= 0.3 is 0 Å². The first-order valence-electron chi connectivity index (χ1n) is 13.3. The number of benzene rings is 2. The Morgan fingerprint density at radius 2 is 1.82 bits per heavy atom. The Bertz CT molecular complexity index is 1170. The molecule has 3 heterocycles. The van der Waals surface area contributed by atoms with Gasteiger partial charge in [-0.1, -0.05) is 77.8 Å². The fourth-order valence-corrected chi connectivity index (χ4v) is 7.37. The smallest absolute Gasteiger partial charge is 0.245 e. The summed E-state index contributed by atoms with van der Waals surface area (Å²) in [7, 11) is 0. The van der Waals surface area contributed by atoms with Gasteiger partial charge in [0.25, 0.3) is 0 Å². The third kappa shape index (κ3) is 4.65. The van der Waals surface area contributed by atoms with Crippen molar-refractivity contribution in [3.63, 3.8) is 0 Å². The van der Waals surface area contributed by atoms with Crippen LogP contribution < -0.4 is 10.6 Å². The molecule has 0 radical (unpaired) electrons. The Labute approximate surface area is 231 Å². The molecule has 3 aliphatic heterocycles. The molecule has 3 aliphatic rings. The Morgan fingerprint density at radius 3 is 2.47 bits per heavy atom. The second-order valence-corrected chi connectivity index (χ2v) is 11.6. The predicted molar refractivity (Wildman–Crippen MR) is 147 cm³/mol. The van der Waals surface area contributed by atoms with Gasteiger partial charge in [-0.2, -0.15) is 0 Å². The number of halogens is 1. The first kappa shape index (κ1) is 26.8. The number of rotatable bonds is 10. The zero-order valence-electron chi connectivity index (χ0n) is 21.4. The van der Waals surface area contributed by atoms with Gasteiger partial charge in [-0.25, -0.2) is 0 Å². The number of aliphatic hydroxyl groups is 1. The molecule has 9 heteroatoms. The number of hydrogen-bond donors (Lipinski definition) is 3. The number of hydrogen-bond acceptors (Lipinski definition) is 5. The lowest BCUT2D eigenvalue weighted by Crippen LogP contribution is -2.58. The molecule has 2 aromatic carbocycles. The summed E-state index contributed by atoms with van der Waals surface area (Å²) < 4.78 is 6.54. The van der Waals surface area contributed by atoms with Crippen LogP contribution >= 0.6 is 15.9 Å². The molecule has 3 unspecified atom stereocenters. The van der Waals surface area contributed by atoms with Crippen molar-refractivity contribution in [1.82, 2.24) is 10.2 Å². The quantitative estimate of drug-likeness (QED) is 0.294. The monoisotopic (exact) mass is 583 g/mol. The molecular weight excluding hydrogens is 550 g/mol. The van der Waals surface area contributed by atoms with Crippen LogP contribution in [0.4, 0.5) is 5.69 Å². The lowest BCUT2D eigenvalue weighted by molar-refractivity contribution is -0.145. The van der Waals surface area contributed by atoms with Crippen molar-refractivity contribution in [1.29, 1.82) is 0 Å². The number of anilines is 1. The lowest BCUT2D eigenvalue weighted by Gasteiger charge is -2.37. The van der Waals surface area contributed by atoms with Crippen LogP contribution in [0.1, 0.15) is 31.7 Å². The summed E-state index contributed by atoms with van der Waals surface area (Å²) in [6.45, 7) is 2.21. The predicted octanol–water partition coefficient (Wildman–Crippen LogP) is 2.89. The number of fused-ring (bicyclic) bond motifs is 1. The number of carbonyl (C=O) groups is 3. The molecule has 38 heavy (non-hydrogen) atoms. The minimum atomic E-state index is -1.16. The number of unbranched alkanes of at least 4 members (excludes halogenated alkanes) is 1. The standard InChI is InChI=1S/C29H34BrN3O5/c1-2-3-14-31-27(36)25-29-16-21(30)24(38-29)22(26(35)32-19-12-8-5-9-13-19)23(29)28(37)33(25)20(17-34)15-18-10-6-4-7-11-18/h4-13,20-25,34H,2-3,14-17H2,1H3,(H,31,36)(H,32,35)/t20-,21?,22+,23+,24+,25?,29?/m1/s1. The average Bonchev–Trinajstić information content (AvgIpc) is 3.52. The van der Waals surface area contributed by atoms with E-state index in [1.54, 1.807) is 12.1 Å². The molecule has 0 aromatic heterocycles. The van der Waals surface area contributed by atoms with E-state index in [0.717, 1.165) is 18.4 Å². The Hall–Kier alpha value is -2.75. The second kappa shape index (κ2) is 11.2. The fourth-order valence-electron chi connectivity index (χ4n) is 6.43. The number of nitrogens with one attached hydrogen (secondary N) is 2. The highest BCUT2D eigenvalue weighted by Gasteiger charge is 2.77. The number of aliphatic hydroxyl groups excluding tert-OH is 1. The van der Waals surface area contributed by atoms with E-state index in [2.05, 4.69) is 26.6 Å². The number of likely N-dealkylation sites (tertiary alicyclic amines) is 1. The number of para-hydroxylation sites is 1. The van der Waals surface area contributed by atoms with Gasteiger partial charge in [-0.05, 0) is 37.0 Å². The van der Waals surface area contributed by atoms with E-state index < -0.39 is 35.6 Å². The van der Waals surface area contributed by atoms with Crippen LogP contribution in [0.3, 0.4) is 0 Å². The molecular formula is C29H34BrN3O5. The van der Waals surface area contributed by atoms with E-state index in [1.807, 2.05) is 55.5 Å². The van der Waals surface area contributed by atoms with Crippen LogP contribution in [0.25, 0.3) is 0 Å². The van der Waals surface area contributed by atoms with E-state index in [1.165, 1.54) is 4.90 Å². The van der Waals surface area contributed by atoms with Crippen LogP contribution in [0.15, 0.2) is 60.7 Å². The molecule has 2 bridgehead atoms.